The highest BCUT2D eigenvalue weighted by molar-refractivity contribution is 6.02. The monoisotopic (exact) mass is 342 g/mol. The molecule has 26 heavy (non-hydrogen) atoms. The highest BCUT2D eigenvalue weighted by Gasteiger charge is 2.18. The van der Waals surface area contributed by atoms with Crippen molar-refractivity contribution in [2.24, 2.45) is 7.05 Å². The van der Waals surface area contributed by atoms with Crippen molar-refractivity contribution in [1.29, 1.82) is 0 Å². The van der Waals surface area contributed by atoms with Crippen molar-refractivity contribution in [2.75, 3.05) is 0 Å². The Labute approximate surface area is 153 Å². The molecule has 1 aromatic heterocycles. The van der Waals surface area contributed by atoms with Crippen LogP contribution in [0.2, 0.25) is 0 Å². The van der Waals surface area contributed by atoms with Gasteiger partial charge in [0.15, 0.2) is 6.20 Å². The number of pyridine rings is 1. The summed E-state index contributed by atoms with van der Waals surface area (Å²) >= 11 is 0. The van der Waals surface area contributed by atoms with E-state index in [1.807, 2.05) is 12.1 Å². The van der Waals surface area contributed by atoms with E-state index in [0.29, 0.717) is 0 Å². The second-order valence-corrected chi connectivity index (χ2v) is 6.87. The molecule has 3 aromatic carbocycles. The second-order valence-electron chi connectivity index (χ2n) is 6.87. The van der Waals surface area contributed by atoms with E-state index in [1.54, 1.807) is 0 Å². The first kappa shape index (κ1) is 16.5. The van der Waals surface area contributed by atoms with Crippen LogP contribution in [0, 0.1) is 19.7 Å². The van der Waals surface area contributed by atoms with E-state index in [9.17, 15) is 4.39 Å². The second kappa shape index (κ2) is 6.38. The maximum atomic E-state index is 13.3. The lowest BCUT2D eigenvalue weighted by Gasteiger charge is -2.11. The fourth-order valence-corrected chi connectivity index (χ4v) is 3.61. The zero-order valence-electron chi connectivity index (χ0n) is 15.3. The van der Waals surface area contributed by atoms with E-state index in [-0.39, 0.29) is 5.82 Å². The molecule has 1 nitrogen and oxygen atoms in total. The zero-order chi connectivity index (χ0) is 18.3. The molecule has 0 atom stereocenters. The average molecular weight is 342 g/mol. The van der Waals surface area contributed by atoms with Crippen LogP contribution in [0.5, 0.6) is 0 Å². The first-order valence-electron chi connectivity index (χ1n) is 8.79. The van der Waals surface area contributed by atoms with Crippen molar-refractivity contribution in [3.8, 4) is 22.4 Å². The van der Waals surface area contributed by atoms with E-state index >= 15 is 0 Å². The number of benzene rings is 3. The smallest absolute Gasteiger partial charge is 0.207 e. The normalized spacial score (nSPS) is 11.1. The number of aromatic nitrogens is 1. The third-order valence-corrected chi connectivity index (χ3v) is 4.98. The number of hydrogen-bond acceptors (Lipinski definition) is 0. The van der Waals surface area contributed by atoms with Crippen LogP contribution in [0.15, 0.2) is 72.9 Å². The minimum absolute atomic E-state index is 0.212. The minimum atomic E-state index is -0.212. The van der Waals surface area contributed by atoms with E-state index in [4.69, 9.17) is 0 Å². The molecule has 0 unspecified atom stereocenters. The van der Waals surface area contributed by atoms with Gasteiger partial charge in [0.2, 0.25) is 5.69 Å². The van der Waals surface area contributed by atoms with E-state index in [1.165, 1.54) is 45.3 Å². The van der Waals surface area contributed by atoms with Gasteiger partial charge in [-0.2, -0.15) is 0 Å². The highest BCUT2D eigenvalue weighted by Crippen LogP contribution is 2.34. The van der Waals surface area contributed by atoms with Gasteiger partial charge < -0.3 is 0 Å². The Balaban J connectivity index is 2.04. The predicted octanol–water partition coefficient (Wildman–Crippen LogP) is 5.75. The van der Waals surface area contributed by atoms with Gasteiger partial charge in [0.25, 0.3) is 0 Å². The maximum Gasteiger partial charge on any atom is 0.220 e. The van der Waals surface area contributed by atoms with Crippen molar-refractivity contribution in [2.45, 2.75) is 13.8 Å². The van der Waals surface area contributed by atoms with Gasteiger partial charge in [0.05, 0.1) is 5.39 Å². The molecule has 4 rings (SSSR count). The van der Waals surface area contributed by atoms with Crippen LogP contribution < -0.4 is 4.57 Å². The average Bonchev–Trinajstić information content (AvgIpc) is 2.64. The fourth-order valence-electron chi connectivity index (χ4n) is 3.61. The molecule has 0 amide bonds. The van der Waals surface area contributed by atoms with Crippen molar-refractivity contribution in [3.63, 3.8) is 0 Å². The van der Waals surface area contributed by atoms with Gasteiger partial charge in [-0.05, 0) is 54.8 Å². The van der Waals surface area contributed by atoms with Crippen molar-refractivity contribution >= 4 is 10.8 Å². The molecule has 0 aliphatic heterocycles. The Bertz CT molecular complexity index is 1110. The quantitative estimate of drug-likeness (QED) is 0.408. The topological polar surface area (TPSA) is 3.88 Å². The van der Waals surface area contributed by atoms with E-state index in [2.05, 4.69) is 74.1 Å². The molecule has 1 heterocycles. The van der Waals surface area contributed by atoms with Crippen LogP contribution in [0.4, 0.5) is 4.39 Å². The summed E-state index contributed by atoms with van der Waals surface area (Å²) < 4.78 is 15.5. The Morgan fingerprint density at radius 2 is 1.54 bits per heavy atom. The Hall–Kier alpha value is -3.00. The van der Waals surface area contributed by atoms with Crippen molar-refractivity contribution in [3.05, 3.63) is 89.9 Å². The Morgan fingerprint density at radius 1 is 0.769 bits per heavy atom. The maximum absolute atomic E-state index is 13.3. The molecule has 0 aliphatic carbocycles. The van der Waals surface area contributed by atoms with Crippen LogP contribution in [-0.2, 0) is 7.05 Å². The summed E-state index contributed by atoms with van der Waals surface area (Å²) in [6.07, 6.45) is 2.10. The molecule has 0 aliphatic rings. The predicted molar refractivity (Wildman–Crippen MR) is 105 cm³/mol. The molecule has 0 radical (unpaired) electrons. The molecule has 0 spiro atoms. The molecule has 0 bridgehead atoms. The SMILES string of the molecule is Cc1ccc(C)c(-c2c3cccc(-c4ccc(F)cc4)c3cc[n+]2C)c1. The van der Waals surface area contributed by atoms with Gasteiger partial charge in [-0.1, -0.05) is 42.0 Å². The van der Waals surface area contributed by atoms with Crippen LogP contribution in [-0.4, -0.2) is 0 Å². The number of aryl methyl sites for hydroxylation is 3. The van der Waals surface area contributed by atoms with Gasteiger partial charge in [-0.15, -0.1) is 0 Å². The molecule has 128 valence electrons. The lowest BCUT2D eigenvalue weighted by molar-refractivity contribution is -0.659. The summed E-state index contributed by atoms with van der Waals surface area (Å²) in [5, 5.41) is 2.37. The summed E-state index contributed by atoms with van der Waals surface area (Å²) in [5.41, 5.74) is 7.10. The lowest BCUT2D eigenvalue weighted by atomic mass is 9.94. The summed E-state index contributed by atoms with van der Waals surface area (Å²) in [5.74, 6) is -0.212. The summed E-state index contributed by atoms with van der Waals surface area (Å²) in [6.45, 7) is 4.27. The highest BCUT2D eigenvalue weighted by atomic mass is 19.1. The number of halogens is 1. The van der Waals surface area contributed by atoms with Crippen molar-refractivity contribution < 1.29 is 8.96 Å². The Kier molecular flexibility index (Phi) is 4.04. The van der Waals surface area contributed by atoms with Gasteiger partial charge in [-0.3, -0.25) is 0 Å². The minimum Gasteiger partial charge on any atom is -0.207 e. The first-order chi connectivity index (χ1) is 12.5. The zero-order valence-corrected chi connectivity index (χ0v) is 15.3. The first-order valence-corrected chi connectivity index (χ1v) is 8.79. The third kappa shape index (κ3) is 2.78. The molecule has 0 saturated heterocycles. The molecule has 0 fully saturated rings. The Morgan fingerprint density at radius 3 is 2.31 bits per heavy atom. The number of rotatable bonds is 2. The lowest BCUT2D eigenvalue weighted by Crippen LogP contribution is -2.30. The molecular formula is C24H21FN+. The van der Waals surface area contributed by atoms with E-state index in [0.717, 1.165) is 11.1 Å². The van der Waals surface area contributed by atoms with Crippen LogP contribution in [0.3, 0.4) is 0 Å². The van der Waals surface area contributed by atoms with Gasteiger partial charge >= 0.3 is 0 Å². The van der Waals surface area contributed by atoms with Crippen LogP contribution >= 0.6 is 0 Å². The molecule has 0 saturated carbocycles. The summed E-state index contributed by atoms with van der Waals surface area (Å²) in [6, 6.07) is 21.8. The molecule has 4 aromatic rings. The number of hydrogen-bond donors (Lipinski definition) is 0. The number of nitrogens with zero attached hydrogens (tertiary/aromatic N) is 1. The third-order valence-electron chi connectivity index (χ3n) is 4.98. The summed E-state index contributed by atoms with van der Waals surface area (Å²) in [7, 11) is 2.08. The van der Waals surface area contributed by atoms with Crippen molar-refractivity contribution in [1.82, 2.24) is 0 Å². The van der Waals surface area contributed by atoms with Gasteiger partial charge in [-0.25, -0.2) is 8.96 Å². The van der Waals surface area contributed by atoms with Gasteiger partial charge in [0.1, 0.15) is 12.9 Å². The van der Waals surface area contributed by atoms with Gasteiger partial charge in [0, 0.05) is 17.0 Å². The molecule has 2 heteroatoms. The van der Waals surface area contributed by atoms with E-state index < -0.39 is 0 Å². The largest absolute Gasteiger partial charge is 0.220 e. The molecule has 0 N–H and O–H groups in total. The van der Waals surface area contributed by atoms with Crippen LogP contribution in [0.25, 0.3) is 33.2 Å². The molecular weight excluding hydrogens is 321 g/mol. The van der Waals surface area contributed by atoms with Crippen LogP contribution in [0.1, 0.15) is 11.1 Å². The standard InChI is InChI=1S/C24H21FN/c1-16-7-8-17(2)23(15-16)24-22-6-4-5-20(21(22)13-14-26(24)3)18-9-11-19(25)12-10-18/h4-15H,1-3H3/q+1. The summed E-state index contributed by atoms with van der Waals surface area (Å²) in [4.78, 5) is 0. The number of fused-ring (bicyclic) bond motifs is 1. The fraction of sp³-hybridized carbons (Fsp3) is 0.125.